The second kappa shape index (κ2) is 5.50. The normalized spacial score (nSPS) is 32.2. The predicted octanol–water partition coefficient (Wildman–Crippen LogP) is 2.64. The lowest BCUT2D eigenvalue weighted by Gasteiger charge is -2.38. The fourth-order valence-corrected chi connectivity index (χ4v) is 3.32. The monoisotopic (exact) mass is 224 g/mol. The van der Waals surface area contributed by atoms with Crippen molar-refractivity contribution in [1.82, 2.24) is 10.2 Å². The van der Waals surface area contributed by atoms with E-state index in [9.17, 15) is 0 Å². The Balaban J connectivity index is 1.83. The van der Waals surface area contributed by atoms with Gasteiger partial charge in [0.1, 0.15) is 0 Å². The Morgan fingerprint density at radius 3 is 2.69 bits per heavy atom. The summed E-state index contributed by atoms with van der Waals surface area (Å²) in [5.41, 5.74) is 0.617. The molecule has 1 unspecified atom stereocenters. The van der Waals surface area contributed by atoms with E-state index in [2.05, 4.69) is 24.1 Å². The van der Waals surface area contributed by atoms with E-state index in [1.807, 2.05) is 0 Å². The summed E-state index contributed by atoms with van der Waals surface area (Å²) in [4.78, 5) is 2.70. The van der Waals surface area contributed by atoms with Crippen molar-refractivity contribution >= 4 is 0 Å². The Labute approximate surface area is 101 Å². The minimum absolute atomic E-state index is 0.617. The molecule has 16 heavy (non-hydrogen) atoms. The predicted molar refractivity (Wildman–Crippen MR) is 69.7 cm³/mol. The largest absolute Gasteiger partial charge is 0.313 e. The van der Waals surface area contributed by atoms with Gasteiger partial charge in [-0.3, -0.25) is 0 Å². The van der Waals surface area contributed by atoms with Crippen molar-refractivity contribution in [1.29, 1.82) is 0 Å². The van der Waals surface area contributed by atoms with Gasteiger partial charge < -0.3 is 10.2 Å². The standard InChI is InChI=1S/C14H28N2/c1-13-6-10-16(11-9-15-13)12-14(2)7-4-3-5-8-14/h13,15H,3-12H2,1-2H3. The number of hydrogen-bond acceptors (Lipinski definition) is 2. The maximum absolute atomic E-state index is 3.58. The van der Waals surface area contributed by atoms with Gasteiger partial charge in [0.15, 0.2) is 0 Å². The van der Waals surface area contributed by atoms with Crippen LogP contribution < -0.4 is 5.32 Å². The van der Waals surface area contributed by atoms with Crippen LogP contribution in [0.4, 0.5) is 0 Å². The first kappa shape index (κ1) is 12.4. The van der Waals surface area contributed by atoms with Crippen molar-refractivity contribution < 1.29 is 0 Å². The van der Waals surface area contributed by atoms with E-state index in [4.69, 9.17) is 0 Å². The van der Waals surface area contributed by atoms with Crippen molar-refractivity contribution in [3.05, 3.63) is 0 Å². The van der Waals surface area contributed by atoms with Gasteiger partial charge in [0.25, 0.3) is 0 Å². The molecule has 2 nitrogen and oxygen atoms in total. The fourth-order valence-electron chi connectivity index (χ4n) is 3.32. The van der Waals surface area contributed by atoms with Crippen LogP contribution in [0.25, 0.3) is 0 Å². The average molecular weight is 224 g/mol. The summed E-state index contributed by atoms with van der Waals surface area (Å²) in [7, 11) is 0. The Morgan fingerprint density at radius 2 is 1.94 bits per heavy atom. The first-order chi connectivity index (χ1) is 7.68. The fraction of sp³-hybridized carbons (Fsp3) is 1.00. The molecule has 1 aliphatic carbocycles. The molecule has 2 aliphatic rings. The highest BCUT2D eigenvalue weighted by atomic mass is 15.2. The topological polar surface area (TPSA) is 15.3 Å². The smallest absolute Gasteiger partial charge is 0.0107 e. The van der Waals surface area contributed by atoms with Crippen molar-refractivity contribution in [2.75, 3.05) is 26.2 Å². The molecule has 0 bridgehead atoms. The molecule has 2 heteroatoms. The zero-order valence-electron chi connectivity index (χ0n) is 11.1. The average Bonchev–Trinajstić information content (AvgIpc) is 2.44. The number of nitrogens with one attached hydrogen (secondary N) is 1. The van der Waals surface area contributed by atoms with Crippen LogP contribution >= 0.6 is 0 Å². The van der Waals surface area contributed by atoms with E-state index in [0.717, 1.165) is 0 Å². The molecule has 0 aromatic carbocycles. The van der Waals surface area contributed by atoms with Gasteiger partial charge in [-0.05, 0) is 38.1 Å². The Bertz CT molecular complexity index is 209. The van der Waals surface area contributed by atoms with Crippen LogP contribution in [-0.4, -0.2) is 37.1 Å². The minimum atomic E-state index is 0.617. The van der Waals surface area contributed by atoms with Gasteiger partial charge in [-0.1, -0.05) is 26.2 Å². The number of nitrogens with zero attached hydrogens (tertiary/aromatic N) is 1. The maximum Gasteiger partial charge on any atom is 0.0107 e. The highest BCUT2D eigenvalue weighted by molar-refractivity contribution is 4.83. The second-order valence-corrected chi connectivity index (χ2v) is 6.29. The first-order valence-electron chi connectivity index (χ1n) is 7.14. The van der Waals surface area contributed by atoms with Gasteiger partial charge in [0.2, 0.25) is 0 Å². The lowest BCUT2D eigenvalue weighted by atomic mass is 9.75. The van der Waals surface area contributed by atoms with Crippen LogP contribution in [0.1, 0.15) is 52.4 Å². The molecule has 1 atom stereocenters. The molecule has 1 saturated carbocycles. The summed E-state index contributed by atoms with van der Waals surface area (Å²) < 4.78 is 0. The van der Waals surface area contributed by atoms with Crippen LogP contribution in [0.15, 0.2) is 0 Å². The number of rotatable bonds is 2. The van der Waals surface area contributed by atoms with Crippen LogP contribution in [0, 0.1) is 5.41 Å². The Hall–Kier alpha value is -0.0800. The summed E-state index contributed by atoms with van der Waals surface area (Å²) in [5, 5.41) is 3.58. The van der Waals surface area contributed by atoms with Gasteiger partial charge in [-0.15, -0.1) is 0 Å². The van der Waals surface area contributed by atoms with Crippen LogP contribution in [0.3, 0.4) is 0 Å². The summed E-state index contributed by atoms with van der Waals surface area (Å²) in [5.74, 6) is 0. The molecule has 0 amide bonds. The van der Waals surface area contributed by atoms with E-state index >= 15 is 0 Å². The van der Waals surface area contributed by atoms with Gasteiger partial charge in [-0.2, -0.15) is 0 Å². The van der Waals surface area contributed by atoms with Gasteiger partial charge >= 0.3 is 0 Å². The lowest BCUT2D eigenvalue weighted by molar-refractivity contribution is 0.126. The molecule has 2 fully saturated rings. The highest BCUT2D eigenvalue weighted by Crippen LogP contribution is 2.36. The molecule has 94 valence electrons. The van der Waals surface area contributed by atoms with Crippen molar-refractivity contribution in [3.8, 4) is 0 Å². The minimum Gasteiger partial charge on any atom is -0.313 e. The molecule has 2 rings (SSSR count). The zero-order chi connectivity index (χ0) is 11.4. The van der Waals surface area contributed by atoms with Crippen LogP contribution in [0.2, 0.25) is 0 Å². The quantitative estimate of drug-likeness (QED) is 0.776. The van der Waals surface area contributed by atoms with Crippen LogP contribution in [0.5, 0.6) is 0 Å². The SMILES string of the molecule is CC1CCN(CC2(C)CCCCC2)CCN1. The molecule has 0 aromatic heterocycles. The molecule has 1 aliphatic heterocycles. The van der Waals surface area contributed by atoms with Crippen molar-refractivity contribution in [3.63, 3.8) is 0 Å². The maximum atomic E-state index is 3.58. The second-order valence-electron chi connectivity index (χ2n) is 6.29. The zero-order valence-corrected chi connectivity index (χ0v) is 11.1. The molecular formula is C14H28N2. The summed E-state index contributed by atoms with van der Waals surface area (Å²) in [6.07, 6.45) is 8.60. The third kappa shape index (κ3) is 3.46. The van der Waals surface area contributed by atoms with E-state index in [-0.39, 0.29) is 0 Å². The highest BCUT2D eigenvalue weighted by Gasteiger charge is 2.29. The molecule has 0 spiro atoms. The first-order valence-corrected chi connectivity index (χ1v) is 7.14. The Kier molecular flexibility index (Phi) is 4.26. The third-order valence-corrected chi connectivity index (χ3v) is 4.47. The summed E-state index contributed by atoms with van der Waals surface area (Å²) >= 11 is 0. The van der Waals surface area contributed by atoms with E-state index < -0.39 is 0 Å². The summed E-state index contributed by atoms with van der Waals surface area (Å²) in [6.45, 7) is 9.88. The van der Waals surface area contributed by atoms with Gasteiger partial charge in [-0.25, -0.2) is 0 Å². The summed E-state index contributed by atoms with van der Waals surface area (Å²) in [6, 6.07) is 0.712. The van der Waals surface area contributed by atoms with Crippen molar-refractivity contribution in [2.24, 2.45) is 5.41 Å². The molecule has 0 radical (unpaired) electrons. The van der Waals surface area contributed by atoms with E-state index in [1.54, 1.807) is 0 Å². The number of hydrogen-bond donors (Lipinski definition) is 1. The molecule has 0 aromatic rings. The molecular weight excluding hydrogens is 196 g/mol. The third-order valence-electron chi connectivity index (χ3n) is 4.47. The lowest BCUT2D eigenvalue weighted by Crippen LogP contribution is -2.39. The van der Waals surface area contributed by atoms with Crippen LogP contribution in [-0.2, 0) is 0 Å². The molecule has 1 N–H and O–H groups in total. The molecule has 1 heterocycles. The van der Waals surface area contributed by atoms with E-state index in [0.29, 0.717) is 11.5 Å². The molecule has 1 saturated heterocycles. The van der Waals surface area contributed by atoms with Gasteiger partial charge in [0.05, 0.1) is 0 Å². The Morgan fingerprint density at radius 1 is 1.19 bits per heavy atom. The van der Waals surface area contributed by atoms with Crippen molar-refractivity contribution in [2.45, 2.75) is 58.4 Å². The van der Waals surface area contributed by atoms with Gasteiger partial charge in [0, 0.05) is 25.7 Å². The van der Waals surface area contributed by atoms with E-state index in [1.165, 1.54) is 64.7 Å².